The fourth-order valence-corrected chi connectivity index (χ4v) is 2.57. The van der Waals surface area contributed by atoms with Gasteiger partial charge in [0.05, 0.1) is 23.9 Å². The van der Waals surface area contributed by atoms with Gasteiger partial charge in [-0.05, 0) is 36.4 Å². The Bertz CT molecular complexity index is 824. The van der Waals surface area contributed by atoms with Crippen LogP contribution in [-0.2, 0) is 4.79 Å². The minimum atomic E-state index is -0.771. The fraction of sp³-hybridized carbons (Fsp3) is 0.167. The second kappa shape index (κ2) is 6.42. The SMILES string of the molecule is CNC(=O)[C@H]1CN(C(=O)c2ccc(C#N)cc2)c2ccccc2O1. The number of carbonyl (C=O) groups excluding carboxylic acids is 2. The summed E-state index contributed by atoms with van der Waals surface area (Å²) in [6.07, 6.45) is -0.771. The van der Waals surface area contributed by atoms with Crippen LogP contribution in [-0.4, -0.2) is 31.5 Å². The number of amides is 2. The Kier molecular flexibility index (Phi) is 4.17. The Morgan fingerprint density at radius 1 is 1.21 bits per heavy atom. The number of hydrogen-bond acceptors (Lipinski definition) is 4. The standard InChI is InChI=1S/C18H15N3O3/c1-20-17(22)16-11-21(14-4-2-3-5-15(14)24-16)18(23)13-8-6-12(10-19)7-9-13/h2-9,16H,11H2,1H3,(H,20,22)/t16-/m1/s1. The highest BCUT2D eigenvalue weighted by Crippen LogP contribution is 2.34. The maximum atomic E-state index is 12.9. The van der Waals surface area contributed by atoms with Crippen LogP contribution in [0.25, 0.3) is 0 Å². The van der Waals surface area contributed by atoms with Gasteiger partial charge in [-0.1, -0.05) is 12.1 Å². The number of benzene rings is 2. The molecule has 0 saturated heterocycles. The molecule has 120 valence electrons. The fourth-order valence-electron chi connectivity index (χ4n) is 2.57. The second-order valence-corrected chi connectivity index (χ2v) is 5.29. The Labute approximate surface area is 139 Å². The molecule has 0 radical (unpaired) electrons. The molecule has 6 nitrogen and oxygen atoms in total. The monoisotopic (exact) mass is 321 g/mol. The van der Waals surface area contributed by atoms with E-state index in [0.717, 1.165) is 0 Å². The van der Waals surface area contributed by atoms with E-state index in [1.807, 2.05) is 12.1 Å². The van der Waals surface area contributed by atoms with Gasteiger partial charge in [-0.2, -0.15) is 5.26 Å². The summed E-state index contributed by atoms with van der Waals surface area (Å²) >= 11 is 0. The van der Waals surface area contributed by atoms with Crippen LogP contribution in [0.3, 0.4) is 0 Å². The van der Waals surface area contributed by atoms with Crippen LogP contribution in [0.1, 0.15) is 15.9 Å². The third-order valence-electron chi connectivity index (χ3n) is 3.82. The van der Waals surface area contributed by atoms with Crippen molar-refractivity contribution in [3.05, 3.63) is 59.7 Å². The summed E-state index contributed by atoms with van der Waals surface area (Å²) in [7, 11) is 1.53. The van der Waals surface area contributed by atoms with Gasteiger partial charge in [0, 0.05) is 12.6 Å². The average Bonchev–Trinajstić information content (AvgIpc) is 2.66. The molecule has 2 aromatic rings. The van der Waals surface area contributed by atoms with Crippen molar-refractivity contribution < 1.29 is 14.3 Å². The lowest BCUT2D eigenvalue weighted by Crippen LogP contribution is -2.50. The smallest absolute Gasteiger partial charge is 0.262 e. The van der Waals surface area contributed by atoms with Gasteiger partial charge in [0.2, 0.25) is 0 Å². The third kappa shape index (κ3) is 2.79. The molecule has 2 aromatic carbocycles. The van der Waals surface area contributed by atoms with E-state index in [0.29, 0.717) is 22.6 Å². The summed E-state index contributed by atoms with van der Waals surface area (Å²) in [5.74, 6) is -0.0504. The van der Waals surface area contributed by atoms with E-state index in [9.17, 15) is 9.59 Å². The van der Waals surface area contributed by atoms with Gasteiger partial charge in [0.15, 0.2) is 6.10 Å². The highest BCUT2D eigenvalue weighted by atomic mass is 16.5. The van der Waals surface area contributed by atoms with E-state index < -0.39 is 6.10 Å². The minimum absolute atomic E-state index is 0.121. The highest BCUT2D eigenvalue weighted by Gasteiger charge is 2.33. The molecule has 1 aliphatic rings. The first kappa shape index (κ1) is 15.6. The number of para-hydroxylation sites is 2. The Balaban J connectivity index is 1.96. The molecule has 1 atom stereocenters. The van der Waals surface area contributed by atoms with Crippen molar-refractivity contribution in [3.63, 3.8) is 0 Å². The van der Waals surface area contributed by atoms with Crippen molar-refractivity contribution in [3.8, 4) is 11.8 Å². The summed E-state index contributed by atoms with van der Waals surface area (Å²) in [4.78, 5) is 26.4. The molecule has 0 aromatic heterocycles. The Hall–Kier alpha value is -3.33. The highest BCUT2D eigenvalue weighted by molar-refractivity contribution is 6.07. The maximum Gasteiger partial charge on any atom is 0.262 e. The number of anilines is 1. The number of likely N-dealkylation sites (N-methyl/N-ethyl adjacent to an activating group) is 1. The first-order valence-electron chi connectivity index (χ1n) is 7.43. The van der Waals surface area contributed by atoms with Crippen molar-refractivity contribution in [2.24, 2.45) is 0 Å². The molecule has 24 heavy (non-hydrogen) atoms. The number of carbonyl (C=O) groups is 2. The number of nitrogens with one attached hydrogen (secondary N) is 1. The predicted octanol–water partition coefficient (Wildman–Crippen LogP) is 1.71. The van der Waals surface area contributed by atoms with E-state index in [2.05, 4.69) is 5.32 Å². The van der Waals surface area contributed by atoms with E-state index >= 15 is 0 Å². The van der Waals surface area contributed by atoms with E-state index in [4.69, 9.17) is 10.00 Å². The molecule has 0 unspecified atom stereocenters. The number of rotatable bonds is 2. The zero-order chi connectivity index (χ0) is 17.1. The molecule has 2 amide bonds. The molecule has 0 bridgehead atoms. The van der Waals surface area contributed by atoms with Crippen molar-refractivity contribution in [1.29, 1.82) is 5.26 Å². The minimum Gasteiger partial charge on any atom is -0.477 e. The Morgan fingerprint density at radius 3 is 2.58 bits per heavy atom. The first-order chi connectivity index (χ1) is 11.6. The van der Waals surface area contributed by atoms with Crippen LogP contribution in [0.5, 0.6) is 5.75 Å². The van der Waals surface area contributed by atoms with Gasteiger partial charge in [-0.25, -0.2) is 0 Å². The molecule has 0 aliphatic carbocycles. The van der Waals surface area contributed by atoms with Gasteiger partial charge in [0.1, 0.15) is 5.75 Å². The summed E-state index contributed by atoms with van der Waals surface area (Å²) in [5, 5.41) is 11.4. The Morgan fingerprint density at radius 2 is 1.92 bits per heavy atom. The first-order valence-corrected chi connectivity index (χ1v) is 7.43. The van der Waals surface area contributed by atoms with Gasteiger partial charge >= 0.3 is 0 Å². The van der Waals surface area contributed by atoms with Crippen LogP contribution >= 0.6 is 0 Å². The van der Waals surface area contributed by atoms with Gasteiger partial charge in [0.25, 0.3) is 11.8 Å². The zero-order valence-corrected chi connectivity index (χ0v) is 13.0. The number of fused-ring (bicyclic) bond motifs is 1. The molecule has 1 N–H and O–H groups in total. The summed E-state index contributed by atoms with van der Waals surface area (Å²) in [6.45, 7) is 0.121. The summed E-state index contributed by atoms with van der Waals surface area (Å²) in [6, 6.07) is 15.5. The quantitative estimate of drug-likeness (QED) is 0.913. The number of ether oxygens (including phenoxy) is 1. The maximum absolute atomic E-state index is 12.9. The topological polar surface area (TPSA) is 82.4 Å². The largest absolute Gasteiger partial charge is 0.477 e. The summed E-state index contributed by atoms with van der Waals surface area (Å²) in [5.41, 5.74) is 1.55. The van der Waals surface area contributed by atoms with Gasteiger partial charge in [-0.3, -0.25) is 9.59 Å². The lowest BCUT2D eigenvalue weighted by Gasteiger charge is -2.34. The van der Waals surface area contributed by atoms with Crippen LogP contribution in [0.4, 0.5) is 5.69 Å². The molecule has 3 rings (SSSR count). The van der Waals surface area contributed by atoms with Gasteiger partial charge < -0.3 is 15.0 Å². The number of nitrogens with zero attached hydrogens (tertiary/aromatic N) is 2. The predicted molar refractivity (Wildman–Crippen MR) is 87.8 cm³/mol. The zero-order valence-electron chi connectivity index (χ0n) is 13.0. The molecule has 0 fully saturated rings. The molecule has 0 saturated carbocycles. The van der Waals surface area contributed by atoms with Gasteiger partial charge in [-0.15, -0.1) is 0 Å². The molecular formula is C18H15N3O3. The number of hydrogen-bond donors (Lipinski definition) is 1. The lowest BCUT2D eigenvalue weighted by atomic mass is 10.1. The van der Waals surface area contributed by atoms with Crippen molar-refractivity contribution in [2.45, 2.75) is 6.10 Å². The number of nitriles is 1. The van der Waals surface area contributed by atoms with E-state index in [1.54, 1.807) is 42.5 Å². The molecule has 1 heterocycles. The van der Waals surface area contributed by atoms with Crippen LogP contribution < -0.4 is 15.0 Å². The third-order valence-corrected chi connectivity index (χ3v) is 3.82. The molecule has 0 spiro atoms. The van der Waals surface area contributed by atoms with Crippen LogP contribution in [0, 0.1) is 11.3 Å². The van der Waals surface area contributed by atoms with Crippen LogP contribution in [0.2, 0.25) is 0 Å². The molecule has 6 heteroatoms. The van der Waals surface area contributed by atoms with E-state index in [-0.39, 0.29) is 18.4 Å². The van der Waals surface area contributed by atoms with Crippen molar-refractivity contribution >= 4 is 17.5 Å². The normalized spacial score (nSPS) is 15.7. The van der Waals surface area contributed by atoms with E-state index in [1.165, 1.54) is 11.9 Å². The van der Waals surface area contributed by atoms with Crippen molar-refractivity contribution in [2.75, 3.05) is 18.5 Å². The van der Waals surface area contributed by atoms with Crippen LogP contribution in [0.15, 0.2) is 48.5 Å². The average molecular weight is 321 g/mol. The molecule has 1 aliphatic heterocycles. The molecular weight excluding hydrogens is 306 g/mol. The second-order valence-electron chi connectivity index (χ2n) is 5.29. The van der Waals surface area contributed by atoms with Crippen molar-refractivity contribution in [1.82, 2.24) is 5.32 Å². The summed E-state index contributed by atoms with van der Waals surface area (Å²) < 4.78 is 5.69. The lowest BCUT2D eigenvalue weighted by molar-refractivity contribution is -0.127.